The maximum atomic E-state index is 11.5. The second-order valence-corrected chi connectivity index (χ2v) is 4.68. The Kier molecular flexibility index (Phi) is 4.59. The summed E-state index contributed by atoms with van der Waals surface area (Å²) < 4.78 is 4.91. The average Bonchev–Trinajstić information content (AvgIpc) is 2.48. The minimum Gasteiger partial charge on any atom is -0.433 e. The first-order chi connectivity index (χ1) is 10.5. The summed E-state index contributed by atoms with van der Waals surface area (Å²) in [6, 6.07) is 8.47. The summed E-state index contributed by atoms with van der Waals surface area (Å²) in [5.74, 6) is 2.30. The molecule has 0 spiro atoms. The number of carbonyl (C=O) groups excluding carboxylic acids is 1. The van der Waals surface area contributed by atoms with E-state index in [-0.39, 0.29) is 5.56 Å². The topological polar surface area (TPSA) is 84.1 Å². The highest BCUT2D eigenvalue weighted by atomic mass is 16.6. The molecule has 1 aromatic carbocycles. The van der Waals surface area contributed by atoms with Crippen LogP contribution in [-0.4, -0.2) is 22.4 Å². The Labute approximate surface area is 127 Å². The summed E-state index contributed by atoms with van der Waals surface area (Å²) in [5, 5.41) is 8.99. The monoisotopic (exact) mass is 297 g/mol. The van der Waals surface area contributed by atoms with Gasteiger partial charge in [0.25, 0.3) is 5.56 Å². The van der Waals surface area contributed by atoms with Crippen LogP contribution in [0.4, 0.5) is 10.5 Å². The number of benzene rings is 1. The number of terminal acetylenes is 1. The van der Waals surface area contributed by atoms with Gasteiger partial charge in [-0.05, 0) is 31.5 Å². The van der Waals surface area contributed by atoms with Gasteiger partial charge in [0.05, 0.1) is 5.69 Å². The highest BCUT2D eigenvalue weighted by molar-refractivity contribution is 5.85. The van der Waals surface area contributed by atoms with Crippen molar-refractivity contribution < 1.29 is 9.53 Å². The third-order valence-electron chi connectivity index (χ3n) is 2.92. The molecule has 0 aliphatic heterocycles. The first-order valence-corrected chi connectivity index (χ1v) is 6.60. The molecule has 0 radical (unpaired) electrons. The zero-order valence-electron chi connectivity index (χ0n) is 12.2. The first kappa shape index (κ1) is 15.3. The van der Waals surface area contributed by atoms with Crippen molar-refractivity contribution in [2.24, 2.45) is 0 Å². The smallest absolute Gasteiger partial charge is 0.412 e. The predicted molar refractivity (Wildman–Crippen MR) is 83.4 cm³/mol. The highest BCUT2D eigenvalue weighted by Crippen LogP contribution is 2.21. The number of aryl methyl sites for hydroxylation is 1. The van der Waals surface area contributed by atoms with Crippen molar-refractivity contribution >= 4 is 11.8 Å². The van der Waals surface area contributed by atoms with Gasteiger partial charge >= 0.3 is 6.09 Å². The van der Waals surface area contributed by atoms with Gasteiger partial charge in [-0.15, -0.1) is 6.42 Å². The Morgan fingerprint density at radius 1 is 1.41 bits per heavy atom. The van der Waals surface area contributed by atoms with Crippen LogP contribution in [-0.2, 0) is 4.74 Å². The Balaban J connectivity index is 2.12. The zero-order valence-corrected chi connectivity index (χ0v) is 12.2. The van der Waals surface area contributed by atoms with Crippen molar-refractivity contribution in [1.29, 1.82) is 0 Å². The summed E-state index contributed by atoms with van der Waals surface area (Å²) in [7, 11) is 0. The number of aromatic amines is 1. The number of nitrogens with one attached hydrogen (secondary N) is 2. The van der Waals surface area contributed by atoms with E-state index >= 15 is 0 Å². The van der Waals surface area contributed by atoms with Crippen LogP contribution in [0.1, 0.15) is 12.5 Å². The van der Waals surface area contributed by atoms with Gasteiger partial charge in [-0.25, -0.2) is 9.89 Å². The van der Waals surface area contributed by atoms with Crippen LogP contribution in [0.5, 0.6) is 0 Å². The van der Waals surface area contributed by atoms with E-state index in [9.17, 15) is 9.59 Å². The molecule has 2 N–H and O–H groups in total. The maximum Gasteiger partial charge on any atom is 0.412 e. The highest BCUT2D eigenvalue weighted by Gasteiger charge is 2.08. The SMILES string of the molecule is C#CC(C)OC(=O)Nc1ccc(-c2n[nH]c(=O)cc2C)cc1. The number of ether oxygens (including phenoxy) is 1. The van der Waals surface area contributed by atoms with E-state index < -0.39 is 12.2 Å². The number of rotatable bonds is 3. The Morgan fingerprint density at radius 3 is 2.68 bits per heavy atom. The molecule has 2 rings (SSSR count). The number of hydrogen-bond acceptors (Lipinski definition) is 4. The zero-order chi connectivity index (χ0) is 16.1. The summed E-state index contributed by atoms with van der Waals surface area (Å²) in [5.41, 5.74) is 2.59. The molecule has 1 atom stereocenters. The largest absolute Gasteiger partial charge is 0.433 e. The van der Waals surface area contributed by atoms with E-state index in [4.69, 9.17) is 11.2 Å². The average molecular weight is 297 g/mol. The summed E-state index contributed by atoms with van der Waals surface area (Å²) in [4.78, 5) is 22.7. The summed E-state index contributed by atoms with van der Waals surface area (Å²) >= 11 is 0. The van der Waals surface area contributed by atoms with Gasteiger partial charge in [0.2, 0.25) is 0 Å². The second kappa shape index (κ2) is 6.59. The number of nitrogens with zero attached hydrogens (tertiary/aromatic N) is 1. The maximum absolute atomic E-state index is 11.5. The molecule has 112 valence electrons. The lowest BCUT2D eigenvalue weighted by Crippen LogP contribution is -2.18. The summed E-state index contributed by atoms with van der Waals surface area (Å²) in [6.07, 6.45) is 3.93. The fourth-order valence-electron chi connectivity index (χ4n) is 1.84. The van der Waals surface area contributed by atoms with Crippen LogP contribution in [0.25, 0.3) is 11.3 Å². The van der Waals surface area contributed by atoms with Gasteiger partial charge in [-0.1, -0.05) is 18.1 Å². The van der Waals surface area contributed by atoms with Crippen molar-refractivity contribution in [2.75, 3.05) is 5.32 Å². The minimum absolute atomic E-state index is 0.245. The molecular weight excluding hydrogens is 282 g/mol. The van der Waals surface area contributed by atoms with Gasteiger partial charge in [0.1, 0.15) is 0 Å². The molecule has 6 nitrogen and oxygen atoms in total. The van der Waals surface area contributed by atoms with Gasteiger partial charge in [-0.3, -0.25) is 10.1 Å². The molecule has 6 heteroatoms. The van der Waals surface area contributed by atoms with Crippen molar-refractivity contribution in [3.63, 3.8) is 0 Å². The van der Waals surface area contributed by atoms with Crippen LogP contribution < -0.4 is 10.9 Å². The molecule has 1 unspecified atom stereocenters. The Bertz CT molecular complexity index is 772. The van der Waals surface area contributed by atoms with Gasteiger partial charge in [0, 0.05) is 17.3 Å². The molecule has 1 amide bonds. The molecule has 0 aliphatic rings. The minimum atomic E-state index is -0.614. The first-order valence-electron chi connectivity index (χ1n) is 6.60. The number of anilines is 1. The van der Waals surface area contributed by atoms with E-state index in [1.807, 2.05) is 6.92 Å². The van der Waals surface area contributed by atoms with Crippen LogP contribution >= 0.6 is 0 Å². The molecule has 22 heavy (non-hydrogen) atoms. The number of amides is 1. The number of hydrogen-bond donors (Lipinski definition) is 2. The van der Waals surface area contributed by atoms with E-state index in [0.717, 1.165) is 11.1 Å². The fourth-order valence-corrected chi connectivity index (χ4v) is 1.84. The molecule has 1 aromatic heterocycles. The van der Waals surface area contributed by atoms with E-state index in [0.29, 0.717) is 11.4 Å². The van der Waals surface area contributed by atoms with E-state index in [2.05, 4.69) is 21.4 Å². The lowest BCUT2D eigenvalue weighted by atomic mass is 10.1. The lowest BCUT2D eigenvalue weighted by Gasteiger charge is -2.09. The molecule has 2 aromatic rings. The van der Waals surface area contributed by atoms with Crippen LogP contribution in [0.15, 0.2) is 35.1 Å². The lowest BCUT2D eigenvalue weighted by molar-refractivity contribution is 0.145. The molecular formula is C16H15N3O3. The molecule has 0 bridgehead atoms. The molecule has 0 fully saturated rings. The van der Waals surface area contributed by atoms with Crippen LogP contribution in [0.2, 0.25) is 0 Å². The third kappa shape index (κ3) is 3.73. The molecule has 0 saturated heterocycles. The van der Waals surface area contributed by atoms with Crippen LogP contribution in [0.3, 0.4) is 0 Å². The van der Waals surface area contributed by atoms with Crippen molar-refractivity contribution in [1.82, 2.24) is 10.2 Å². The fraction of sp³-hybridized carbons (Fsp3) is 0.188. The predicted octanol–water partition coefficient (Wildman–Crippen LogP) is 2.32. The van der Waals surface area contributed by atoms with Crippen molar-refractivity contribution in [3.8, 4) is 23.6 Å². The van der Waals surface area contributed by atoms with E-state index in [1.54, 1.807) is 31.2 Å². The Morgan fingerprint density at radius 2 is 2.09 bits per heavy atom. The Hall–Kier alpha value is -3.07. The molecule has 0 aliphatic carbocycles. The molecule has 0 saturated carbocycles. The standard InChI is InChI=1S/C16H15N3O3/c1-4-11(3)22-16(21)17-13-7-5-12(6-8-13)15-10(2)9-14(20)18-19-15/h1,5-9,11H,2-3H3,(H,17,21)(H,18,20). The number of H-pyrrole nitrogens is 1. The molecule has 1 heterocycles. The number of carbonyl (C=O) groups is 1. The number of aromatic nitrogens is 2. The summed E-state index contributed by atoms with van der Waals surface area (Å²) in [6.45, 7) is 3.41. The van der Waals surface area contributed by atoms with Gasteiger partial charge in [-0.2, -0.15) is 5.10 Å². The van der Waals surface area contributed by atoms with Crippen molar-refractivity contribution in [2.45, 2.75) is 20.0 Å². The van der Waals surface area contributed by atoms with Gasteiger partial charge in [0.15, 0.2) is 6.10 Å². The van der Waals surface area contributed by atoms with Crippen molar-refractivity contribution in [3.05, 3.63) is 46.2 Å². The third-order valence-corrected chi connectivity index (χ3v) is 2.92. The van der Waals surface area contributed by atoms with Crippen LogP contribution in [0, 0.1) is 19.3 Å². The normalized spacial score (nSPS) is 11.3. The van der Waals surface area contributed by atoms with E-state index in [1.165, 1.54) is 6.07 Å². The second-order valence-electron chi connectivity index (χ2n) is 4.68. The van der Waals surface area contributed by atoms with Gasteiger partial charge < -0.3 is 4.74 Å². The quantitative estimate of drug-likeness (QED) is 0.851.